The van der Waals surface area contributed by atoms with E-state index in [0.717, 1.165) is 0 Å². The number of nitrogens with one attached hydrogen (secondary N) is 3. The fraction of sp³-hybridized carbons (Fsp3) is 0.391. The molecule has 0 unspecified atom stereocenters. The van der Waals surface area contributed by atoms with Crippen LogP contribution in [0.25, 0.3) is 0 Å². The Morgan fingerprint density at radius 2 is 1.53 bits per heavy atom. The number of nitrogens with zero attached hydrogens (tertiary/aromatic N) is 1. The van der Waals surface area contributed by atoms with Crippen LogP contribution in [0.15, 0.2) is 30.3 Å². The van der Waals surface area contributed by atoms with E-state index in [1.54, 1.807) is 32.9 Å². The van der Waals surface area contributed by atoms with Gasteiger partial charge in [-0.3, -0.25) is 14.9 Å². The Kier molecular flexibility index (Phi) is 9.93. The molecule has 3 amide bonds. The summed E-state index contributed by atoms with van der Waals surface area (Å²) in [6.45, 7) is 8.49. The van der Waals surface area contributed by atoms with Crippen LogP contribution in [-0.2, 0) is 6.54 Å². The summed E-state index contributed by atoms with van der Waals surface area (Å²) in [4.78, 5) is 35.7. The molecule has 34 heavy (non-hydrogen) atoms. The fourth-order valence-corrected chi connectivity index (χ4v) is 3.11. The molecule has 3 N–H and O–H groups in total. The number of benzene rings is 2. The molecule has 0 spiro atoms. The molecule has 2 rings (SSSR count). The van der Waals surface area contributed by atoms with Crippen LogP contribution in [-0.4, -0.2) is 43.2 Å². The number of hydrogen-bond acceptors (Lipinski definition) is 7. The molecule has 0 radical (unpaired) electrons. The molecule has 184 valence electrons. The Balaban J connectivity index is 2.19. The van der Waals surface area contributed by atoms with Crippen molar-refractivity contribution in [2.75, 3.05) is 31.7 Å². The molecule has 2 aromatic carbocycles. The van der Waals surface area contributed by atoms with Crippen LogP contribution in [0.2, 0.25) is 0 Å². The van der Waals surface area contributed by atoms with Gasteiger partial charge in [0.05, 0.1) is 36.4 Å². The predicted molar refractivity (Wildman–Crippen MR) is 127 cm³/mol. The van der Waals surface area contributed by atoms with Crippen molar-refractivity contribution in [2.45, 2.75) is 34.2 Å². The van der Waals surface area contributed by atoms with E-state index in [1.165, 1.54) is 18.2 Å². The molecule has 0 aliphatic carbocycles. The summed E-state index contributed by atoms with van der Waals surface area (Å²) in [7, 11) is 0. The monoisotopic (exact) mass is 474 g/mol. The lowest BCUT2D eigenvalue weighted by atomic mass is 10.1. The molecule has 0 atom stereocenters. The number of carbonyl (C=O) groups excluding carboxylic acids is 2. The number of amides is 3. The van der Waals surface area contributed by atoms with Crippen molar-refractivity contribution in [1.29, 1.82) is 0 Å². The quantitative estimate of drug-likeness (QED) is 0.313. The Morgan fingerprint density at radius 3 is 2.15 bits per heavy atom. The van der Waals surface area contributed by atoms with Crippen molar-refractivity contribution in [2.24, 2.45) is 0 Å². The van der Waals surface area contributed by atoms with E-state index in [-0.39, 0.29) is 36.2 Å². The minimum Gasteiger partial charge on any atom is -0.493 e. The number of anilines is 1. The van der Waals surface area contributed by atoms with E-state index in [1.807, 2.05) is 6.92 Å². The normalized spacial score (nSPS) is 10.2. The van der Waals surface area contributed by atoms with E-state index in [2.05, 4.69) is 16.0 Å². The molecule has 0 aliphatic heterocycles. The maximum absolute atomic E-state index is 12.5. The van der Waals surface area contributed by atoms with Crippen molar-refractivity contribution >= 4 is 23.3 Å². The Bertz CT molecular complexity index is 1030. The topological polar surface area (TPSA) is 141 Å². The van der Waals surface area contributed by atoms with Crippen LogP contribution >= 0.6 is 0 Å². The third-order valence-corrected chi connectivity index (χ3v) is 4.50. The maximum atomic E-state index is 12.5. The standard InChI is InChI=1S/C23H30N4O7/c1-5-24-22(28)17-12-16(9-10-19(17)32-6-2)26-23(29)25-14-15-11-21(34-8-4)18(27(30)31)13-20(15)33-7-3/h9-13H,5-8,14H2,1-4H3,(H,24,28)(H2,25,26,29). The van der Waals surface area contributed by atoms with Crippen LogP contribution in [0.5, 0.6) is 17.2 Å². The van der Waals surface area contributed by atoms with Gasteiger partial charge in [0.15, 0.2) is 5.75 Å². The van der Waals surface area contributed by atoms with Gasteiger partial charge in [-0.05, 0) is 52.0 Å². The summed E-state index contributed by atoms with van der Waals surface area (Å²) in [6, 6.07) is 7.00. The summed E-state index contributed by atoms with van der Waals surface area (Å²) in [6.07, 6.45) is 0. The number of carbonyl (C=O) groups is 2. The minimum absolute atomic E-state index is 0.0272. The van der Waals surface area contributed by atoms with Gasteiger partial charge in [-0.2, -0.15) is 0 Å². The van der Waals surface area contributed by atoms with Gasteiger partial charge in [-0.25, -0.2) is 4.79 Å². The summed E-state index contributed by atoms with van der Waals surface area (Å²) < 4.78 is 16.4. The molecule has 11 heteroatoms. The number of ether oxygens (including phenoxy) is 3. The van der Waals surface area contributed by atoms with Gasteiger partial charge in [-0.1, -0.05) is 0 Å². The summed E-state index contributed by atoms with van der Waals surface area (Å²) >= 11 is 0. The van der Waals surface area contributed by atoms with Crippen LogP contribution in [0, 0.1) is 10.1 Å². The molecular weight excluding hydrogens is 444 g/mol. The highest BCUT2D eigenvalue weighted by Crippen LogP contribution is 2.35. The Labute approximate surface area is 197 Å². The fourth-order valence-electron chi connectivity index (χ4n) is 3.11. The maximum Gasteiger partial charge on any atom is 0.319 e. The molecule has 0 aliphatic rings. The zero-order valence-corrected chi connectivity index (χ0v) is 19.7. The van der Waals surface area contributed by atoms with E-state index in [9.17, 15) is 19.7 Å². The Hall–Kier alpha value is -4.02. The number of nitro groups is 1. The largest absolute Gasteiger partial charge is 0.493 e. The molecule has 0 aromatic heterocycles. The number of nitro benzene ring substituents is 1. The first-order valence-corrected chi connectivity index (χ1v) is 11.0. The third-order valence-electron chi connectivity index (χ3n) is 4.50. The molecule has 0 fully saturated rings. The molecule has 0 heterocycles. The van der Waals surface area contributed by atoms with Gasteiger partial charge < -0.3 is 30.2 Å². The van der Waals surface area contributed by atoms with Crippen LogP contribution in [0.4, 0.5) is 16.2 Å². The highest BCUT2D eigenvalue weighted by molar-refractivity contribution is 5.99. The summed E-state index contributed by atoms with van der Waals surface area (Å²) in [5, 5.41) is 19.4. The zero-order valence-electron chi connectivity index (χ0n) is 19.7. The average Bonchev–Trinajstić information content (AvgIpc) is 2.80. The van der Waals surface area contributed by atoms with Gasteiger partial charge in [0.2, 0.25) is 0 Å². The second-order valence-corrected chi connectivity index (χ2v) is 6.86. The van der Waals surface area contributed by atoms with Crippen molar-refractivity contribution in [3.05, 3.63) is 51.6 Å². The highest BCUT2D eigenvalue weighted by Gasteiger charge is 2.21. The van der Waals surface area contributed by atoms with Gasteiger partial charge in [0.25, 0.3) is 5.91 Å². The van der Waals surface area contributed by atoms with Gasteiger partial charge >= 0.3 is 11.7 Å². The zero-order chi connectivity index (χ0) is 25.1. The van der Waals surface area contributed by atoms with Gasteiger partial charge in [-0.15, -0.1) is 0 Å². The second kappa shape index (κ2) is 12.9. The van der Waals surface area contributed by atoms with Crippen LogP contribution < -0.4 is 30.2 Å². The molecule has 0 saturated carbocycles. The smallest absolute Gasteiger partial charge is 0.319 e. The van der Waals surface area contributed by atoms with Crippen molar-refractivity contribution in [1.82, 2.24) is 10.6 Å². The van der Waals surface area contributed by atoms with Crippen LogP contribution in [0.3, 0.4) is 0 Å². The molecule has 2 aromatic rings. The molecule has 0 bridgehead atoms. The van der Waals surface area contributed by atoms with E-state index >= 15 is 0 Å². The van der Waals surface area contributed by atoms with Crippen LogP contribution in [0.1, 0.15) is 43.6 Å². The summed E-state index contributed by atoms with van der Waals surface area (Å²) in [5.41, 5.74) is 0.995. The average molecular weight is 475 g/mol. The van der Waals surface area contributed by atoms with Crippen molar-refractivity contribution in [3.63, 3.8) is 0 Å². The van der Waals surface area contributed by atoms with Crippen molar-refractivity contribution in [3.8, 4) is 17.2 Å². The molecule has 11 nitrogen and oxygen atoms in total. The van der Waals surface area contributed by atoms with Gasteiger partial charge in [0, 0.05) is 24.3 Å². The van der Waals surface area contributed by atoms with E-state index in [4.69, 9.17) is 14.2 Å². The SMILES string of the molecule is CCNC(=O)c1cc(NC(=O)NCc2cc(OCC)c([N+](=O)[O-])cc2OCC)ccc1OCC. The lowest BCUT2D eigenvalue weighted by molar-refractivity contribution is -0.385. The predicted octanol–water partition coefficient (Wildman–Crippen LogP) is 3.86. The van der Waals surface area contributed by atoms with E-state index in [0.29, 0.717) is 42.3 Å². The highest BCUT2D eigenvalue weighted by atomic mass is 16.6. The third kappa shape index (κ3) is 6.99. The van der Waals surface area contributed by atoms with Gasteiger partial charge in [0.1, 0.15) is 11.5 Å². The van der Waals surface area contributed by atoms with E-state index < -0.39 is 11.0 Å². The molecule has 0 saturated heterocycles. The summed E-state index contributed by atoms with van der Waals surface area (Å²) in [5.74, 6) is 0.463. The first-order chi connectivity index (χ1) is 16.3. The minimum atomic E-state index is -0.546. The number of urea groups is 1. The second-order valence-electron chi connectivity index (χ2n) is 6.86. The number of hydrogen-bond donors (Lipinski definition) is 3. The number of rotatable bonds is 12. The lowest BCUT2D eigenvalue weighted by Crippen LogP contribution is -2.29. The Morgan fingerprint density at radius 1 is 0.882 bits per heavy atom. The van der Waals surface area contributed by atoms with Crippen molar-refractivity contribution < 1.29 is 28.7 Å². The first kappa shape index (κ1) is 26.2. The first-order valence-electron chi connectivity index (χ1n) is 11.0. The lowest BCUT2D eigenvalue weighted by Gasteiger charge is -2.15. The molecular formula is C23H30N4O7.